The van der Waals surface area contributed by atoms with Crippen LogP contribution in [0, 0.1) is 5.41 Å². The zero-order valence-electron chi connectivity index (χ0n) is 15.8. The Morgan fingerprint density at radius 3 is 2.62 bits per heavy atom. The average Bonchev–Trinajstić information content (AvgIpc) is 2.99. The second kappa shape index (κ2) is 8.38. The summed E-state index contributed by atoms with van der Waals surface area (Å²) in [5.74, 6) is 0.904. The molecule has 1 fully saturated rings. The van der Waals surface area contributed by atoms with E-state index < -0.39 is 0 Å². The first-order valence-electron chi connectivity index (χ1n) is 8.81. The van der Waals surface area contributed by atoms with Gasteiger partial charge in [0.25, 0.3) is 0 Å². The summed E-state index contributed by atoms with van der Waals surface area (Å²) in [6.45, 7) is 8.61. The second-order valence-corrected chi connectivity index (χ2v) is 7.74. The standard InChI is InChI=1S/C19H33N5/c1-19(2,15-23(4)5)14-21-18(20-3)22-16-11-12-24(13-16)17-9-7-6-8-10-17/h6-10,16H,11-15H2,1-5H3,(H2,20,21,22). The van der Waals surface area contributed by atoms with Crippen molar-refractivity contribution in [2.24, 2.45) is 10.4 Å². The first kappa shape index (κ1) is 18.6. The summed E-state index contributed by atoms with van der Waals surface area (Å²) in [6, 6.07) is 11.1. The van der Waals surface area contributed by atoms with Gasteiger partial charge in [0.1, 0.15) is 0 Å². The maximum Gasteiger partial charge on any atom is 0.191 e. The average molecular weight is 332 g/mol. The molecular weight excluding hydrogens is 298 g/mol. The fraction of sp³-hybridized carbons (Fsp3) is 0.632. The van der Waals surface area contributed by atoms with Crippen LogP contribution in [0.4, 0.5) is 5.69 Å². The van der Waals surface area contributed by atoms with E-state index in [4.69, 9.17) is 0 Å². The van der Waals surface area contributed by atoms with Crippen LogP contribution in [0.1, 0.15) is 20.3 Å². The van der Waals surface area contributed by atoms with Gasteiger partial charge in [0.15, 0.2) is 5.96 Å². The van der Waals surface area contributed by atoms with Gasteiger partial charge in [-0.15, -0.1) is 0 Å². The van der Waals surface area contributed by atoms with Crippen molar-refractivity contribution in [2.45, 2.75) is 26.3 Å². The normalized spacial score (nSPS) is 19.0. The third-order valence-corrected chi connectivity index (χ3v) is 4.35. The summed E-state index contributed by atoms with van der Waals surface area (Å²) in [4.78, 5) is 9.05. The Balaban J connectivity index is 1.82. The van der Waals surface area contributed by atoms with Gasteiger partial charge in [-0.25, -0.2) is 0 Å². The summed E-state index contributed by atoms with van der Waals surface area (Å²) in [5, 5.41) is 7.07. The molecule has 134 valence electrons. The van der Waals surface area contributed by atoms with E-state index in [9.17, 15) is 0 Å². The van der Waals surface area contributed by atoms with Gasteiger partial charge in [-0.2, -0.15) is 0 Å². The number of hydrogen-bond donors (Lipinski definition) is 2. The Labute approximate surface area is 147 Å². The van der Waals surface area contributed by atoms with Crippen molar-refractivity contribution in [3.8, 4) is 0 Å². The van der Waals surface area contributed by atoms with E-state index in [2.05, 4.69) is 83.7 Å². The van der Waals surface area contributed by atoms with Gasteiger partial charge in [-0.1, -0.05) is 32.0 Å². The third kappa shape index (κ3) is 5.71. The lowest BCUT2D eigenvalue weighted by Crippen LogP contribution is -2.48. The Bertz CT molecular complexity index is 524. The van der Waals surface area contributed by atoms with E-state index in [-0.39, 0.29) is 5.41 Å². The lowest BCUT2D eigenvalue weighted by molar-refractivity contribution is 0.241. The van der Waals surface area contributed by atoms with Crippen LogP contribution in [0.25, 0.3) is 0 Å². The van der Waals surface area contributed by atoms with Gasteiger partial charge in [0.05, 0.1) is 0 Å². The van der Waals surface area contributed by atoms with Crippen molar-refractivity contribution in [3.05, 3.63) is 30.3 Å². The number of hydrogen-bond acceptors (Lipinski definition) is 3. The molecule has 5 heteroatoms. The molecule has 1 aliphatic rings. The second-order valence-electron chi connectivity index (χ2n) is 7.74. The van der Waals surface area contributed by atoms with Crippen molar-refractivity contribution in [2.75, 3.05) is 52.2 Å². The fourth-order valence-electron chi connectivity index (χ4n) is 3.37. The van der Waals surface area contributed by atoms with E-state index in [1.807, 2.05) is 7.05 Å². The predicted octanol–water partition coefficient (Wildman–Crippen LogP) is 2.02. The van der Waals surface area contributed by atoms with Gasteiger partial charge in [0, 0.05) is 45.0 Å². The van der Waals surface area contributed by atoms with E-state index in [1.54, 1.807) is 0 Å². The first-order valence-corrected chi connectivity index (χ1v) is 8.81. The fourth-order valence-corrected chi connectivity index (χ4v) is 3.37. The highest BCUT2D eigenvalue weighted by atomic mass is 15.2. The highest BCUT2D eigenvalue weighted by Gasteiger charge is 2.24. The Kier molecular flexibility index (Phi) is 6.49. The summed E-state index contributed by atoms with van der Waals surface area (Å²) in [7, 11) is 6.08. The molecule has 1 heterocycles. The number of aliphatic imine (C=N–C) groups is 1. The highest BCUT2D eigenvalue weighted by molar-refractivity contribution is 5.80. The molecule has 0 saturated carbocycles. The predicted molar refractivity (Wildman–Crippen MR) is 104 cm³/mol. The maximum absolute atomic E-state index is 4.39. The number of benzene rings is 1. The van der Waals surface area contributed by atoms with E-state index >= 15 is 0 Å². The minimum atomic E-state index is 0.201. The van der Waals surface area contributed by atoms with Crippen LogP contribution in [-0.2, 0) is 0 Å². The van der Waals surface area contributed by atoms with Crippen LogP contribution in [0.5, 0.6) is 0 Å². The lowest BCUT2D eigenvalue weighted by Gasteiger charge is -2.29. The largest absolute Gasteiger partial charge is 0.369 e. The quantitative estimate of drug-likeness (QED) is 0.618. The minimum Gasteiger partial charge on any atom is -0.369 e. The molecule has 0 spiro atoms. The molecule has 1 atom stereocenters. The zero-order chi connectivity index (χ0) is 17.6. The molecule has 1 saturated heterocycles. The molecule has 0 bridgehead atoms. The smallest absolute Gasteiger partial charge is 0.191 e. The maximum atomic E-state index is 4.39. The molecule has 0 aliphatic carbocycles. The molecule has 1 unspecified atom stereocenters. The van der Waals surface area contributed by atoms with Crippen molar-refractivity contribution in [1.29, 1.82) is 0 Å². The summed E-state index contributed by atoms with van der Waals surface area (Å²) in [5.41, 5.74) is 1.50. The molecule has 2 rings (SSSR count). The van der Waals surface area contributed by atoms with Crippen molar-refractivity contribution >= 4 is 11.6 Å². The molecule has 5 nitrogen and oxygen atoms in total. The summed E-state index contributed by atoms with van der Waals surface area (Å²) >= 11 is 0. The van der Waals surface area contributed by atoms with Gasteiger partial charge in [-0.3, -0.25) is 4.99 Å². The van der Waals surface area contributed by atoms with E-state index in [1.165, 1.54) is 5.69 Å². The van der Waals surface area contributed by atoms with Crippen LogP contribution in [0.15, 0.2) is 35.3 Å². The number of nitrogens with one attached hydrogen (secondary N) is 2. The zero-order valence-corrected chi connectivity index (χ0v) is 15.8. The monoisotopic (exact) mass is 331 g/mol. The van der Waals surface area contributed by atoms with Crippen molar-refractivity contribution < 1.29 is 0 Å². The molecule has 0 aromatic heterocycles. The Morgan fingerprint density at radius 1 is 1.29 bits per heavy atom. The third-order valence-electron chi connectivity index (χ3n) is 4.35. The summed E-state index contributed by atoms with van der Waals surface area (Å²) < 4.78 is 0. The van der Waals surface area contributed by atoms with Gasteiger partial charge >= 0.3 is 0 Å². The lowest BCUT2D eigenvalue weighted by atomic mass is 9.93. The topological polar surface area (TPSA) is 42.9 Å². The molecular formula is C19H33N5. The van der Waals surface area contributed by atoms with Gasteiger partial charge in [-0.05, 0) is 38.1 Å². The van der Waals surface area contributed by atoms with Crippen molar-refractivity contribution in [1.82, 2.24) is 15.5 Å². The van der Waals surface area contributed by atoms with Crippen LogP contribution in [0.3, 0.4) is 0 Å². The molecule has 1 aromatic carbocycles. The van der Waals surface area contributed by atoms with Gasteiger partial charge in [0.2, 0.25) is 0 Å². The SMILES string of the molecule is CN=C(NCC(C)(C)CN(C)C)NC1CCN(c2ccccc2)C1. The van der Waals surface area contributed by atoms with Crippen molar-refractivity contribution in [3.63, 3.8) is 0 Å². The molecule has 0 amide bonds. The van der Waals surface area contributed by atoms with Crippen LogP contribution in [-0.4, -0.2) is 64.2 Å². The van der Waals surface area contributed by atoms with Crippen LogP contribution < -0.4 is 15.5 Å². The molecule has 1 aromatic rings. The first-order chi connectivity index (χ1) is 11.4. The molecule has 2 N–H and O–H groups in total. The van der Waals surface area contributed by atoms with Gasteiger partial charge < -0.3 is 20.4 Å². The van der Waals surface area contributed by atoms with Crippen LogP contribution in [0.2, 0.25) is 0 Å². The van der Waals surface area contributed by atoms with Crippen LogP contribution >= 0.6 is 0 Å². The van der Waals surface area contributed by atoms with E-state index in [0.717, 1.165) is 38.6 Å². The molecule has 1 aliphatic heterocycles. The van der Waals surface area contributed by atoms with E-state index in [0.29, 0.717) is 6.04 Å². The minimum absolute atomic E-state index is 0.201. The summed E-state index contributed by atoms with van der Waals surface area (Å²) in [6.07, 6.45) is 1.14. The molecule has 24 heavy (non-hydrogen) atoms. The molecule has 0 radical (unpaired) electrons. The number of para-hydroxylation sites is 1. The number of nitrogens with zero attached hydrogens (tertiary/aromatic N) is 3. The highest BCUT2D eigenvalue weighted by Crippen LogP contribution is 2.19. The number of anilines is 1. The Hall–Kier alpha value is -1.75. The number of guanidine groups is 1. The Morgan fingerprint density at radius 2 is 2.00 bits per heavy atom. The number of rotatable bonds is 6.